The van der Waals surface area contributed by atoms with E-state index in [1.165, 1.54) is 23.9 Å². The van der Waals surface area contributed by atoms with E-state index in [9.17, 15) is 14.0 Å². The van der Waals surface area contributed by atoms with Crippen molar-refractivity contribution in [2.75, 3.05) is 25.5 Å². The summed E-state index contributed by atoms with van der Waals surface area (Å²) in [7, 11) is 0. The third-order valence-corrected chi connectivity index (χ3v) is 3.40. The SMILES string of the molecule is CCOCCCNC(=O)NC(=O)CSc1ccc(F)cc1. The van der Waals surface area contributed by atoms with Crippen molar-refractivity contribution < 1.29 is 18.7 Å². The van der Waals surface area contributed by atoms with Gasteiger partial charge in [-0.2, -0.15) is 0 Å². The molecule has 1 aromatic rings. The molecule has 21 heavy (non-hydrogen) atoms. The second kappa shape index (κ2) is 10.2. The highest BCUT2D eigenvalue weighted by molar-refractivity contribution is 8.00. The quantitative estimate of drug-likeness (QED) is 0.570. The zero-order valence-electron chi connectivity index (χ0n) is 11.9. The summed E-state index contributed by atoms with van der Waals surface area (Å²) in [5.41, 5.74) is 0. The minimum atomic E-state index is -0.517. The maximum Gasteiger partial charge on any atom is 0.321 e. The molecule has 0 aromatic heterocycles. The Kier molecular flexibility index (Phi) is 8.45. The van der Waals surface area contributed by atoms with Gasteiger partial charge in [-0.1, -0.05) is 0 Å². The van der Waals surface area contributed by atoms with Gasteiger partial charge in [0.15, 0.2) is 0 Å². The predicted octanol–water partition coefficient (Wildman–Crippen LogP) is 2.17. The van der Waals surface area contributed by atoms with Crippen molar-refractivity contribution in [2.24, 2.45) is 0 Å². The van der Waals surface area contributed by atoms with Crippen molar-refractivity contribution in [3.8, 4) is 0 Å². The summed E-state index contributed by atoms with van der Waals surface area (Å²) in [6.07, 6.45) is 0.694. The van der Waals surface area contributed by atoms with Crippen LogP contribution in [0, 0.1) is 5.82 Å². The van der Waals surface area contributed by atoms with Gasteiger partial charge >= 0.3 is 6.03 Å². The molecule has 1 rings (SSSR count). The normalized spacial score (nSPS) is 10.2. The number of nitrogens with one attached hydrogen (secondary N) is 2. The predicted molar refractivity (Wildman–Crippen MR) is 79.8 cm³/mol. The first-order valence-electron chi connectivity index (χ1n) is 6.65. The molecule has 0 saturated heterocycles. The number of carbonyl (C=O) groups is 2. The summed E-state index contributed by atoms with van der Waals surface area (Å²) in [5.74, 6) is -0.625. The van der Waals surface area contributed by atoms with Crippen molar-refractivity contribution >= 4 is 23.7 Å². The molecule has 0 bridgehead atoms. The Hall–Kier alpha value is -1.60. The van der Waals surface area contributed by atoms with Crippen molar-refractivity contribution in [1.82, 2.24) is 10.6 Å². The molecule has 3 amide bonds. The maximum atomic E-state index is 12.7. The molecule has 1 aromatic carbocycles. The van der Waals surface area contributed by atoms with E-state index < -0.39 is 11.9 Å². The number of hydrogen-bond donors (Lipinski definition) is 2. The van der Waals surface area contributed by atoms with Crippen LogP contribution in [0.25, 0.3) is 0 Å². The van der Waals surface area contributed by atoms with E-state index in [-0.39, 0.29) is 11.6 Å². The summed E-state index contributed by atoms with van der Waals surface area (Å²) < 4.78 is 17.8. The van der Waals surface area contributed by atoms with Crippen LogP contribution in [-0.4, -0.2) is 37.4 Å². The standard InChI is InChI=1S/C14H19FN2O3S/c1-2-20-9-3-8-16-14(19)17-13(18)10-21-12-6-4-11(15)5-7-12/h4-7H,2-3,8-10H2,1H3,(H2,16,17,18,19). The molecule has 7 heteroatoms. The molecule has 0 aliphatic carbocycles. The van der Waals surface area contributed by atoms with Crippen molar-refractivity contribution in [3.05, 3.63) is 30.1 Å². The molecule has 5 nitrogen and oxygen atoms in total. The van der Waals surface area contributed by atoms with Gasteiger partial charge in [0.1, 0.15) is 5.82 Å². The molecular formula is C14H19FN2O3S. The molecule has 0 radical (unpaired) electrons. The lowest BCUT2D eigenvalue weighted by atomic mass is 10.4. The number of halogens is 1. The minimum Gasteiger partial charge on any atom is -0.382 e. The van der Waals surface area contributed by atoms with Crippen LogP contribution in [0.2, 0.25) is 0 Å². The van der Waals surface area contributed by atoms with Crippen LogP contribution in [0.5, 0.6) is 0 Å². The van der Waals surface area contributed by atoms with Gasteiger partial charge < -0.3 is 10.1 Å². The summed E-state index contributed by atoms with van der Waals surface area (Å²) >= 11 is 1.24. The molecule has 0 aliphatic heterocycles. The van der Waals surface area contributed by atoms with Crippen LogP contribution in [0.15, 0.2) is 29.2 Å². The van der Waals surface area contributed by atoms with E-state index >= 15 is 0 Å². The number of hydrogen-bond acceptors (Lipinski definition) is 4. The van der Waals surface area contributed by atoms with Gasteiger partial charge in [0, 0.05) is 24.7 Å². The lowest BCUT2D eigenvalue weighted by Crippen LogP contribution is -2.40. The number of imide groups is 1. The lowest BCUT2D eigenvalue weighted by molar-refractivity contribution is -0.117. The third kappa shape index (κ3) is 8.31. The van der Waals surface area contributed by atoms with Gasteiger partial charge in [-0.25, -0.2) is 9.18 Å². The van der Waals surface area contributed by atoms with E-state index in [0.29, 0.717) is 26.2 Å². The Bertz CT molecular complexity index is 454. The number of ether oxygens (including phenoxy) is 1. The summed E-state index contributed by atoms with van der Waals surface area (Å²) in [6.45, 7) is 3.57. The van der Waals surface area contributed by atoms with Gasteiger partial charge in [0.05, 0.1) is 5.75 Å². The fourth-order valence-electron chi connectivity index (χ4n) is 1.41. The maximum absolute atomic E-state index is 12.7. The molecule has 0 saturated carbocycles. The second-order valence-electron chi connectivity index (χ2n) is 4.10. The zero-order chi connectivity index (χ0) is 15.5. The van der Waals surface area contributed by atoms with E-state index in [2.05, 4.69) is 10.6 Å². The van der Waals surface area contributed by atoms with Crippen molar-refractivity contribution in [1.29, 1.82) is 0 Å². The molecule has 2 N–H and O–H groups in total. The first-order chi connectivity index (χ1) is 10.1. The van der Waals surface area contributed by atoms with E-state index in [0.717, 1.165) is 4.90 Å². The van der Waals surface area contributed by atoms with Gasteiger partial charge in [-0.15, -0.1) is 11.8 Å². The topological polar surface area (TPSA) is 67.4 Å². The van der Waals surface area contributed by atoms with Crippen LogP contribution in [-0.2, 0) is 9.53 Å². The Balaban J connectivity index is 2.15. The van der Waals surface area contributed by atoms with Gasteiger partial charge in [-0.05, 0) is 37.6 Å². The molecule has 0 heterocycles. The fraction of sp³-hybridized carbons (Fsp3) is 0.429. The number of rotatable bonds is 8. The first-order valence-corrected chi connectivity index (χ1v) is 7.64. The lowest BCUT2D eigenvalue weighted by Gasteiger charge is -2.06. The smallest absolute Gasteiger partial charge is 0.321 e. The second-order valence-corrected chi connectivity index (χ2v) is 5.15. The van der Waals surface area contributed by atoms with Crippen molar-refractivity contribution in [3.63, 3.8) is 0 Å². The zero-order valence-corrected chi connectivity index (χ0v) is 12.7. The fourth-order valence-corrected chi connectivity index (χ4v) is 2.11. The van der Waals surface area contributed by atoms with Gasteiger partial charge in [0.25, 0.3) is 0 Å². The van der Waals surface area contributed by atoms with Crippen molar-refractivity contribution in [2.45, 2.75) is 18.2 Å². The molecule has 116 valence electrons. The molecular weight excluding hydrogens is 295 g/mol. The molecule has 0 spiro atoms. The average Bonchev–Trinajstić information content (AvgIpc) is 2.46. The number of amides is 3. The summed E-state index contributed by atoms with van der Waals surface area (Å²) in [4.78, 5) is 23.7. The van der Waals surface area contributed by atoms with Crippen LogP contribution in [0.4, 0.5) is 9.18 Å². The molecule has 0 atom stereocenters. The highest BCUT2D eigenvalue weighted by Gasteiger charge is 2.07. The van der Waals surface area contributed by atoms with Crippen LogP contribution >= 0.6 is 11.8 Å². The van der Waals surface area contributed by atoms with E-state index in [1.54, 1.807) is 12.1 Å². The Morgan fingerprint density at radius 1 is 1.29 bits per heavy atom. The average molecular weight is 314 g/mol. The molecule has 0 fully saturated rings. The van der Waals surface area contributed by atoms with Crippen LogP contribution in [0.1, 0.15) is 13.3 Å². The van der Waals surface area contributed by atoms with E-state index in [1.807, 2.05) is 6.92 Å². The molecule has 0 aliphatic rings. The third-order valence-electron chi connectivity index (χ3n) is 2.39. The number of benzene rings is 1. The molecule has 0 unspecified atom stereocenters. The monoisotopic (exact) mass is 314 g/mol. The number of urea groups is 1. The summed E-state index contributed by atoms with van der Waals surface area (Å²) in [6, 6.07) is 5.30. The minimum absolute atomic E-state index is 0.0952. The van der Waals surface area contributed by atoms with Crippen LogP contribution < -0.4 is 10.6 Å². The highest BCUT2D eigenvalue weighted by atomic mass is 32.2. The highest BCUT2D eigenvalue weighted by Crippen LogP contribution is 2.17. The van der Waals surface area contributed by atoms with Gasteiger partial charge in [-0.3, -0.25) is 10.1 Å². The number of carbonyl (C=O) groups excluding carboxylic acids is 2. The van der Waals surface area contributed by atoms with Crippen LogP contribution in [0.3, 0.4) is 0 Å². The number of thioether (sulfide) groups is 1. The first kappa shape index (κ1) is 17.5. The largest absolute Gasteiger partial charge is 0.382 e. The Morgan fingerprint density at radius 2 is 2.00 bits per heavy atom. The Labute approximate surface area is 127 Å². The van der Waals surface area contributed by atoms with Gasteiger partial charge in [0.2, 0.25) is 5.91 Å². The van der Waals surface area contributed by atoms with E-state index in [4.69, 9.17) is 4.74 Å². The summed E-state index contributed by atoms with van der Waals surface area (Å²) in [5, 5.41) is 4.80. The Morgan fingerprint density at radius 3 is 2.67 bits per heavy atom.